The summed E-state index contributed by atoms with van der Waals surface area (Å²) >= 11 is 0. The summed E-state index contributed by atoms with van der Waals surface area (Å²) in [5.74, 6) is 0.857. The first-order valence-electron chi connectivity index (χ1n) is 16.0. The summed E-state index contributed by atoms with van der Waals surface area (Å²) in [6.07, 6.45) is 0. The molecule has 2 heterocycles. The molecular formula is C43H26N4O2. The SMILES string of the molecule is CC1(C)c2ccccc2-c2ccc(-c3cc(C#N)c(-c4cc(-c5nc6ccccc6o5)cc(-c5nc6ccccc6o5)c4)cc3C#N)cc21. The number of aromatic nitrogens is 2. The van der Waals surface area contributed by atoms with Crippen molar-refractivity contribution in [3.05, 3.63) is 144 Å². The Hall–Kier alpha value is -6.76. The van der Waals surface area contributed by atoms with Crippen molar-refractivity contribution in [2.24, 2.45) is 0 Å². The van der Waals surface area contributed by atoms with Crippen LogP contribution < -0.4 is 0 Å². The van der Waals surface area contributed by atoms with Crippen molar-refractivity contribution in [3.8, 4) is 68.4 Å². The van der Waals surface area contributed by atoms with Crippen LogP contribution in [0.4, 0.5) is 0 Å². The third kappa shape index (κ3) is 4.47. The van der Waals surface area contributed by atoms with Gasteiger partial charge in [-0.2, -0.15) is 10.5 Å². The second-order valence-corrected chi connectivity index (χ2v) is 12.9. The molecule has 230 valence electrons. The van der Waals surface area contributed by atoms with E-state index < -0.39 is 0 Å². The molecule has 6 aromatic carbocycles. The first-order valence-corrected chi connectivity index (χ1v) is 16.0. The van der Waals surface area contributed by atoms with Crippen molar-refractivity contribution in [3.63, 3.8) is 0 Å². The average Bonchev–Trinajstić information content (AvgIpc) is 3.84. The van der Waals surface area contributed by atoms with Crippen molar-refractivity contribution in [2.45, 2.75) is 19.3 Å². The van der Waals surface area contributed by atoms with Crippen LogP contribution in [0.5, 0.6) is 0 Å². The number of nitriles is 2. The largest absolute Gasteiger partial charge is 0.436 e. The number of para-hydroxylation sites is 4. The minimum Gasteiger partial charge on any atom is -0.436 e. The van der Waals surface area contributed by atoms with Gasteiger partial charge in [0, 0.05) is 27.7 Å². The Bertz CT molecular complexity index is 2580. The zero-order chi connectivity index (χ0) is 33.3. The number of oxazole rings is 2. The molecule has 8 aromatic rings. The highest BCUT2D eigenvalue weighted by Crippen LogP contribution is 2.50. The minimum atomic E-state index is -0.195. The lowest BCUT2D eigenvalue weighted by Gasteiger charge is -2.22. The van der Waals surface area contributed by atoms with Gasteiger partial charge in [0.15, 0.2) is 11.2 Å². The first kappa shape index (κ1) is 28.5. The molecule has 0 saturated heterocycles. The quantitative estimate of drug-likeness (QED) is 0.192. The van der Waals surface area contributed by atoms with Crippen molar-refractivity contribution in [1.29, 1.82) is 10.5 Å². The lowest BCUT2D eigenvalue weighted by molar-refractivity contribution is 0.617. The lowest BCUT2D eigenvalue weighted by Crippen LogP contribution is -2.14. The monoisotopic (exact) mass is 630 g/mol. The topological polar surface area (TPSA) is 99.6 Å². The number of fused-ring (bicyclic) bond motifs is 5. The molecule has 0 spiro atoms. The molecule has 0 saturated carbocycles. The Balaban J connectivity index is 1.22. The molecule has 0 radical (unpaired) electrons. The molecular weight excluding hydrogens is 604 g/mol. The van der Waals surface area contributed by atoms with E-state index >= 15 is 0 Å². The minimum absolute atomic E-state index is 0.195. The molecule has 0 amide bonds. The van der Waals surface area contributed by atoms with E-state index in [1.165, 1.54) is 22.3 Å². The van der Waals surface area contributed by atoms with Crippen LogP contribution in [0.3, 0.4) is 0 Å². The van der Waals surface area contributed by atoms with Gasteiger partial charge in [0.1, 0.15) is 11.0 Å². The lowest BCUT2D eigenvalue weighted by atomic mass is 9.81. The normalized spacial score (nSPS) is 12.8. The van der Waals surface area contributed by atoms with Gasteiger partial charge in [0.2, 0.25) is 11.8 Å². The maximum absolute atomic E-state index is 10.5. The standard InChI is InChI=1S/C43H26N4O2/c1-43(2)35-10-4-3-9-31(35)32-16-15-25(22-36(32)43)33-20-30(24-45)34(21-29(33)23-44)26-17-27(41-46-37-11-5-7-13-39(37)48-41)19-28(18-26)42-47-38-12-6-8-14-40(38)49-42/h3-22H,1-2H3. The highest BCUT2D eigenvalue weighted by atomic mass is 16.4. The molecule has 0 atom stereocenters. The van der Waals surface area contributed by atoms with Crippen molar-refractivity contribution < 1.29 is 8.83 Å². The Morgan fingerprint density at radius 3 is 1.59 bits per heavy atom. The van der Waals surface area contributed by atoms with E-state index in [4.69, 9.17) is 18.8 Å². The van der Waals surface area contributed by atoms with E-state index in [-0.39, 0.29) is 5.41 Å². The Labute approximate surface area is 282 Å². The van der Waals surface area contributed by atoms with Gasteiger partial charge < -0.3 is 8.83 Å². The summed E-state index contributed by atoms with van der Waals surface area (Å²) < 4.78 is 12.3. The van der Waals surface area contributed by atoms with Crippen molar-refractivity contribution in [2.75, 3.05) is 0 Å². The van der Waals surface area contributed by atoms with Gasteiger partial charge in [-0.15, -0.1) is 0 Å². The van der Waals surface area contributed by atoms with E-state index in [9.17, 15) is 10.5 Å². The predicted octanol–water partition coefficient (Wildman–Crippen LogP) is 10.7. The maximum Gasteiger partial charge on any atom is 0.227 e. The number of hydrogen-bond acceptors (Lipinski definition) is 6. The van der Waals surface area contributed by atoms with Crippen LogP contribution >= 0.6 is 0 Å². The van der Waals surface area contributed by atoms with E-state index in [1.54, 1.807) is 0 Å². The molecule has 0 N–H and O–H groups in total. The molecule has 0 fully saturated rings. The molecule has 0 aliphatic heterocycles. The molecule has 6 heteroatoms. The number of rotatable bonds is 4. The summed E-state index contributed by atoms with van der Waals surface area (Å²) in [5.41, 5.74) is 12.8. The fourth-order valence-electron chi connectivity index (χ4n) is 7.16. The van der Waals surface area contributed by atoms with Crippen LogP contribution in [0.15, 0.2) is 130 Å². The second-order valence-electron chi connectivity index (χ2n) is 12.9. The number of hydrogen-bond donors (Lipinski definition) is 0. The third-order valence-electron chi connectivity index (χ3n) is 9.62. The Morgan fingerprint density at radius 2 is 1.00 bits per heavy atom. The fourth-order valence-corrected chi connectivity index (χ4v) is 7.16. The summed E-state index contributed by atoms with van der Waals surface area (Å²) in [5, 5.41) is 21.0. The highest BCUT2D eigenvalue weighted by molar-refractivity contribution is 5.88. The fraction of sp³-hybridized carbons (Fsp3) is 0.0698. The zero-order valence-electron chi connectivity index (χ0n) is 26.7. The smallest absolute Gasteiger partial charge is 0.227 e. The molecule has 6 nitrogen and oxygen atoms in total. The van der Waals surface area contributed by atoms with Gasteiger partial charge in [-0.25, -0.2) is 9.97 Å². The van der Waals surface area contributed by atoms with Crippen LogP contribution in [0.25, 0.3) is 78.5 Å². The van der Waals surface area contributed by atoms with Crippen LogP contribution in [0, 0.1) is 22.7 Å². The van der Waals surface area contributed by atoms with Crippen LogP contribution in [-0.4, -0.2) is 9.97 Å². The van der Waals surface area contributed by atoms with Crippen LogP contribution in [-0.2, 0) is 5.41 Å². The van der Waals surface area contributed by atoms with Gasteiger partial charge >= 0.3 is 0 Å². The van der Waals surface area contributed by atoms with Gasteiger partial charge in [-0.05, 0) is 94.0 Å². The molecule has 1 aliphatic carbocycles. The zero-order valence-corrected chi connectivity index (χ0v) is 26.7. The summed E-state index contributed by atoms with van der Waals surface area (Å²) in [4.78, 5) is 9.49. The number of nitrogens with zero attached hydrogens (tertiary/aromatic N) is 4. The molecule has 0 unspecified atom stereocenters. The van der Waals surface area contributed by atoms with Gasteiger partial charge in [-0.1, -0.05) is 74.5 Å². The van der Waals surface area contributed by atoms with Crippen LogP contribution in [0.1, 0.15) is 36.1 Å². The van der Waals surface area contributed by atoms with Gasteiger partial charge in [0.25, 0.3) is 0 Å². The maximum atomic E-state index is 10.5. The number of benzene rings is 6. The molecule has 49 heavy (non-hydrogen) atoms. The predicted molar refractivity (Wildman–Crippen MR) is 190 cm³/mol. The Morgan fingerprint density at radius 1 is 0.490 bits per heavy atom. The van der Waals surface area contributed by atoms with E-state index in [0.29, 0.717) is 61.9 Å². The van der Waals surface area contributed by atoms with Crippen LogP contribution in [0.2, 0.25) is 0 Å². The van der Waals surface area contributed by atoms with Crippen molar-refractivity contribution >= 4 is 22.2 Å². The Kier molecular flexibility index (Phi) is 6.18. The summed E-state index contributed by atoms with van der Waals surface area (Å²) in [6.45, 7) is 4.46. The van der Waals surface area contributed by atoms with Gasteiger partial charge in [-0.3, -0.25) is 0 Å². The molecule has 1 aliphatic rings. The van der Waals surface area contributed by atoms with E-state index in [1.807, 2.05) is 84.9 Å². The van der Waals surface area contributed by atoms with Crippen molar-refractivity contribution in [1.82, 2.24) is 9.97 Å². The first-order chi connectivity index (χ1) is 23.9. The molecule has 2 aromatic heterocycles. The third-order valence-corrected chi connectivity index (χ3v) is 9.62. The van der Waals surface area contributed by atoms with E-state index in [2.05, 4.69) is 62.4 Å². The average molecular weight is 631 g/mol. The molecule has 0 bridgehead atoms. The van der Waals surface area contributed by atoms with Gasteiger partial charge in [0.05, 0.1) is 23.3 Å². The van der Waals surface area contributed by atoms with E-state index in [0.717, 1.165) is 16.6 Å². The highest BCUT2D eigenvalue weighted by Gasteiger charge is 2.35. The summed E-state index contributed by atoms with van der Waals surface area (Å²) in [7, 11) is 0. The summed E-state index contributed by atoms with van der Waals surface area (Å²) in [6, 6.07) is 44.3. The molecule has 9 rings (SSSR count). The second kappa shape index (κ2) is 10.6.